The Hall–Kier alpha value is -0.120. The average Bonchev–Trinajstić information content (AvgIpc) is 2.77. The van der Waals surface area contributed by atoms with Gasteiger partial charge in [-0.1, -0.05) is 25.7 Å². The number of rotatable bonds is 3. The fourth-order valence-corrected chi connectivity index (χ4v) is 4.52. The van der Waals surface area contributed by atoms with Crippen LogP contribution in [0.1, 0.15) is 51.4 Å². The van der Waals surface area contributed by atoms with E-state index in [9.17, 15) is 5.11 Å². The highest BCUT2D eigenvalue weighted by Crippen LogP contribution is 2.36. The van der Waals surface area contributed by atoms with Gasteiger partial charge in [0, 0.05) is 44.2 Å². The van der Waals surface area contributed by atoms with Crippen LogP contribution in [0.2, 0.25) is 0 Å². The van der Waals surface area contributed by atoms with Crippen molar-refractivity contribution in [2.75, 3.05) is 39.3 Å². The highest BCUT2D eigenvalue weighted by Gasteiger charge is 2.36. The standard InChI is InChI=1S/C16H30N2O/c19-14-16(7-3-1-2-4-8-16)13-17-10-11-18-9-5-6-15(18)12-17/h15,19H,1-14H2. The summed E-state index contributed by atoms with van der Waals surface area (Å²) in [5, 5.41) is 9.95. The fourth-order valence-electron chi connectivity index (χ4n) is 4.52. The molecule has 1 aliphatic carbocycles. The van der Waals surface area contributed by atoms with Crippen molar-refractivity contribution in [2.45, 2.75) is 57.4 Å². The Morgan fingerprint density at radius 2 is 1.74 bits per heavy atom. The SMILES string of the molecule is OCC1(CN2CCN3CCCC3C2)CCCCCC1. The summed E-state index contributed by atoms with van der Waals surface area (Å²) < 4.78 is 0. The molecule has 0 aromatic rings. The molecule has 2 saturated heterocycles. The first kappa shape index (κ1) is 13.8. The van der Waals surface area contributed by atoms with Crippen LogP contribution in [0, 0.1) is 5.41 Å². The molecule has 3 rings (SSSR count). The predicted octanol–water partition coefficient (Wildman–Crippen LogP) is 2.10. The largest absolute Gasteiger partial charge is 0.396 e. The first-order valence-electron chi connectivity index (χ1n) is 8.39. The van der Waals surface area contributed by atoms with Gasteiger partial charge in [0.1, 0.15) is 0 Å². The second kappa shape index (κ2) is 6.11. The Balaban J connectivity index is 1.59. The minimum absolute atomic E-state index is 0.220. The molecule has 3 nitrogen and oxygen atoms in total. The van der Waals surface area contributed by atoms with E-state index >= 15 is 0 Å². The Morgan fingerprint density at radius 1 is 0.947 bits per heavy atom. The van der Waals surface area contributed by atoms with E-state index in [0.29, 0.717) is 6.61 Å². The van der Waals surface area contributed by atoms with Gasteiger partial charge in [-0.3, -0.25) is 9.80 Å². The molecule has 1 unspecified atom stereocenters. The summed E-state index contributed by atoms with van der Waals surface area (Å²) >= 11 is 0. The lowest BCUT2D eigenvalue weighted by atomic mass is 9.80. The summed E-state index contributed by atoms with van der Waals surface area (Å²) in [7, 11) is 0. The van der Waals surface area contributed by atoms with Gasteiger partial charge in [0.05, 0.1) is 0 Å². The first-order valence-corrected chi connectivity index (χ1v) is 8.39. The maximum Gasteiger partial charge on any atom is 0.0499 e. The molecule has 1 N–H and O–H groups in total. The van der Waals surface area contributed by atoms with Crippen LogP contribution in [-0.4, -0.2) is 60.3 Å². The smallest absolute Gasteiger partial charge is 0.0499 e. The van der Waals surface area contributed by atoms with Crippen molar-refractivity contribution < 1.29 is 5.11 Å². The van der Waals surface area contributed by atoms with Gasteiger partial charge in [-0.25, -0.2) is 0 Å². The molecular formula is C16H30N2O. The minimum atomic E-state index is 0.220. The maximum absolute atomic E-state index is 9.95. The van der Waals surface area contributed by atoms with Crippen molar-refractivity contribution >= 4 is 0 Å². The summed E-state index contributed by atoms with van der Waals surface area (Å²) in [4.78, 5) is 5.34. The van der Waals surface area contributed by atoms with E-state index in [-0.39, 0.29) is 5.41 Å². The minimum Gasteiger partial charge on any atom is -0.396 e. The van der Waals surface area contributed by atoms with E-state index in [2.05, 4.69) is 9.80 Å². The average molecular weight is 266 g/mol. The van der Waals surface area contributed by atoms with E-state index in [0.717, 1.165) is 12.6 Å². The van der Waals surface area contributed by atoms with Gasteiger partial charge in [-0.05, 0) is 32.2 Å². The Bertz CT molecular complexity index is 286. The number of aliphatic hydroxyl groups is 1. The van der Waals surface area contributed by atoms with Gasteiger partial charge in [0.15, 0.2) is 0 Å². The molecule has 19 heavy (non-hydrogen) atoms. The molecule has 2 aliphatic heterocycles. The molecule has 1 atom stereocenters. The highest BCUT2D eigenvalue weighted by atomic mass is 16.3. The summed E-state index contributed by atoms with van der Waals surface area (Å²) in [6.07, 6.45) is 10.7. The van der Waals surface area contributed by atoms with Crippen LogP contribution >= 0.6 is 0 Å². The number of piperazine rings is 1. The number of aliphatic hydroxyl groups excluding tert-OH is 1. The van der Waals surface area contributed by atoms with Gasteiger partial charge in [-0.15, -0.1) is 0 Å². The van der Waals surface area contributed by atoms with E-state index in [1.165, 1.54) is 77.5 Å². The number of hydrogen-bond acceptors (Lipinski definition) is 3. The molecule has 1 saturated carbocycles. The van der Waals surface area contributed by atoms with Crippen LogP contribution in [0.15, 0.2) is 0 Å². The van der Waals surface area contributed by atoms with Crippen LogP contribution in [0.5, 0.6) is 0 Å². The molecule has 3 heteroatoms. The molecule has 0 aromatic heterocycles. The lowest BCUT2D eigenvalue weighted by molar-refractivity contribution is 0.0253. The molecule has 2 heterocycles. The van der Waals surface area contributed by atoms with E-state index in [1.807, 2.05) is 0 Å². The molecule has 3 fully saturated rings. The van der Waals surface area contributed by atoms with E-state index < -0.39 is 0 Å². The van der Waals surface area contributed by atoms with Crippen molar-refractivity contribution in [1.29, 1.82) is 0 Å². The third-order valence-electron chi connectivity index (χ3n) is 5.73. The van der Waals surface area contributed by atoms with Gasteiger partial charge in [0.2, 0.25) is 0 Å². The number of fused-ring (bicyclic) bond motifs is 1. The van der Waals surface area contributed by atoms with Gasteiger partial charge in [-0.2, -0.15) is 0 Å². The summed E-state index contributed by atoms with van der Waals surface area (Å²) in [6, 6.07) is 0.815. The molecule has 0 amide bonds. The molecule has 3 aliphatic rings. The normalized spacial score (nSPS) is 33.0. The predicted molar refractivity (Wildman–Crippen MR) is 78.3 cm³/mol. The fraction of sp³-hybridized carbons (Fsp3) is 1.00. The van der Waals surface area contributed by atoms with E-state index in [4.69, 9.17) is 0 Å². The third-order valence-corrected chi connectivity index (χ3v) is 5.73. The van der Waals surface area contributed by atoms with Crippen molar-refractivity contribution in [2.24, 2.45) is 5.41 Å². The van der Waals surface area contributed by atoms with Gasteiger partial charge >= 0.3 is 0 Å². The summed E-state index contributed by atoms with van der Waals surface area (Å²) in [5.41, 5.74) is 0.220. The lowest BCUT2D eigenvalue weighted by Crippen LogP contribution is -2.53. The number of nitrogens with zero attached hydrogens (tertiary/aromatic N) is 2. The van der Waals surface area contributed by atoms with Crippen molar-refractivity contribution in [3.63, 3.8) is 0 Å². The Labute approximate surface area is 118 Å². The zero-order chi connectivity index (χ0) is 13.1. The second-order valence-corrected chi connectivity index (χ2v) is 7.14. The van der Waals surface area contributed by atoms with Crippen molar-refractivity contribution in [3.05, 3.63) is 0 Å². The van der Waals surface area contributed by atoms with Crippen LogP contribution in [-0.2, 0) is 0 Å². The zero-order valence-corrected chi connectivity index (χ0v) is 12.3. The third kappa shape index (κ3) is 3.14. The van der Waals surface area contributed by atoms with Crippen molar-refractivity contribution in [1.82, 2.24) is 9.80 Å². The topological polar surface area (TPSA) is 26.7 Å². The summed E-state index contributed by atoms with van der Waals surface area (Å²) in [5.74, 6) is 0. The lowest BCUT2D eigenvalue weighted by Gasteiger charge is -2.42. The highest BCUT2D eigenvalue weighted by molar-refractivity contribution is 4.91. The Kier molecular flexibility index (Phi) is 4.45. The number of hydrogen-bond donors (Lipinski definition) is 1. The maximum atomic E-state index is 9.95. The molecule has 110 valence electrons. The van der Waals surface area contributed by atoms with Crippen LogP contribution in [0.4, 0.5) is 0 Å². The molecule has 0 bridgehead atoms. The first-order chi connectivity index (χ1) is 9.31. The van der Waals surface area contributed by atoms with Crippen LogP contribution < -0.4 is 0 Å². The second-order valence-electron chi connectivity index (χ2n) is 7.14. The van der Waals surface area contributed by atoms with Gasteiger partial charge < -0.3 is 5.11 Å². The molecule has 0 aromatic carbocycles. The molecular weight excluding hydrogens is 236 g/mol. The monoisotopic (exact) mass is 266 g/mol. The Morgan fingerprint density at radius 3 is 2.47 bits per heavy atom. The van der Waals surface area contributed by atoms with Crippen LogP contribution in [0.25, 0.3) is 0 Å². The molecule has 0 radical (unpaired) electrons. The quantitative estimate of drug-likeness (QED) is 0.793. The van der Waals surface area contributed by atoms with Crippen molar-refractivity contribution in [3.8, 4) is 0 Å². The van der Waals surface area contributed by atoms with E-state index in [1.54, 1.807) is 0 Å². The zero-order valence-electron chi connectivity index (χ0n) is 12.3. The molecule has 0 spiro atoms. The van der Waals surface area contributed by atoms with Crippen LogP contribution in [0.3, 0.4) is 0 Å². The van der Waals surface area contributed by atoms with Gasteiger partial charge in [0.25, 0.3) is 0 Å². The summed E-state index contributed by atoms with van der Waals surface area (Å²) in [6.45, 7) is 6.60.